The highest BCUT2D eigenvalue weighted by Crippen LogP contribution is 2.30. The summed E-state index contributed by atoms with van der Waals surface area (Å²) < 4.78 is 1.99. The Morgan fingerprint density at radius 3 is 2.53 bits per heavy atom. The SMILES string of the molecule is Cc1ccc(-n2c(SCC(=O)NC3(C#N)CCCCC3)nnc2-c2cccc(C)c2)cc1. The van der Waals surface area contributed by atoms with Crippen molar-refractivity contribution in [3.8, 4) is 23.1 Å². The van der Waals surface area contributed by atoms with Crippen LogP contribution in [0.2, 0.25) is 0 Å². The number of aryl methyl sites for hydroxylation is 2. The summed E-state index contributed by atoms with van der Waals surface area (Å²) in [7, 11) is 0. The smallest absolute Gasteiger partial charge is 0.231 e. The number of rotatable bonds is 6. The van der Waals surface area contributed by atoms with E-state index >= 15 is 0 Å². The highest BCUT2D eigenvalue weighted by molar-refractivity contribution is 7.99. The standard InChI is InChI=1S/C25H27N5OS/c1-18-9-11-21(12-10-18)30-23(20-8-6-7-19(2)15-20)28-29-24(30)32-16-22(31)27-25(17-26)13-4-3-5-14-25/h6-12,15H,3-5,13-14,16H2,1-2H3,(H,27,31). The summed E-state index contributed by atoms with van der Waals surface area (Å²) in [6.45, 7) is 4.10. The maximum Gasteiger partial charge on any atom is 0.231 e. The Bertz CT molecular complexity index is 1140. The van der Waals surface area contributed by atoms with Crippen molar-refractivity contribution in [2.75, 3.05) is 5.75 Å². The fourth-order valence-corrected chi connectivity index (χ4v) is 4.87. The predicted molar refractivity (Wildman–Crippen MR) is 127 cm³/mol. The summed E-state index contributed by atoms with van der Waals surface area (Å²) in [6.07, 6.45) is 4.51. The number of carbonyl (C=O) groups is 1. The molecule has 0 saturated heterocycles. The number of carbonyl (C=O) groups excluding carboxylic acids is 1. The highest BCUT2D eigenvalue weighted by Gasteiger charge is 2.33. The zero-order valence-corrected chi connectivity index (χ0v) is 19.3. The van der Waals surface area contributed by atoms with Gasteiger partial charge in [-0.25, -0.2) is 0 Å². The minimum absolute atomic E-state index is 0.144. The number of aromatic nitrogens is 3. The highest BCUT2D eigenvalue weighted by atomic mass is 32.2. The minimum atomic E-state index is -0.729. The molecular formula is C25H27N5OS. The largest absolute Gasteiger partial charge is 0.337 e. The Balaban J connectivity index is 1.59. The first-order valence-corrected chi connectivity index (χ1v) is 11.9. The fourth-order valence-electron chi connectivity index (χ4n) is 4.11. The summed E-state index contributed by atoms with van der Waals surface area (Å²) >= 11 is 1.34. The van der Waals surface area contributed by atoms with E-state index in [1.54, 1.807) is 0 Å². The molecule has 1 heterocycles. The first-order valence-electron chi connectivity index (χ1n) is 10.9. The van der Waals surface area contributed by atoms with Gasteiger partial charge in [-0.2, -0.15) is 5.26 Å². The van der Waals surface area contributed by atoms with E-state index in [-0.39, 0.29) is 11.7 Å². The van der Waals surface area contributed by atoms with Gasteiger partial charge in [0.2, 0.25) is 5.91 Å². The quantitative estimate of drug-likeness (QED) is 0.541. The van der Waals surface area contributed by atoms with Crippen LogP contribution in [0.3, 0.4) is 0 Å². The Morgan fingerprint density at radius 2 is 1.84 bits per heavy atom. The topological polar surface area (TPSA) is 83.6 Å². The molecule has 6 nitrogen and oxygen atoms in total. The summed E-state index contributed by atoms with van der Waals surface area (Å²) in [5, 5.41) is 22.1. The number of thioether (sulfide) groups is 1. The predicted octanol–water partition coefficient (Wildman–Crippen LogP) is 4.99. The lowest BCUT2D eigenvalue weighted by Gasteiger charge is -2.31. The number of hydrogen-bond donors (Lipinski definition) is 1. The molecule has 0 atom stereocenters. The number of amides is 1. The molecule has 1 aromatic heterocycles. The molecule has 0 aliphatic heterocycles. The van der Waals surface area contributed by atoms with Crippen LogP contribution in [0, 0.1) is 25.2 Å². The van der Waals surface area contributed by atoms with Gasteiger partial charge in [0.15, 0.2) is 11.0 Å². The normalized spacial score (nSPS) is 15.2. The summed E-state index contributed by atoms with van der Waals surface area (Å²) in [5.41, 5.74) is 3.50. The van der Waals surface area contributed by atoms with E-state index in [1.807, 2.05) is 48.7 Å². The van der Waals surface area contributed by atoms with Gasteiger partial charge >= 0.3 is 0 Å². The number of hydrogen-bond acceptors (Lipinski definition) is 5. The molecule has 0 bridgehead atoms. The van der Waals surface area contributed by atoms with Gasteiger partial charge in [0.05, 0.1) is 11.8 Å². The maximum atomic E-state index is 12.7. The molecule has 0 unspecified atom stereocenters. The van der Waals surface area contributed by atoms with E-state index in [0.29, 0.717) is 5.16 Å². The van der Waals surface area contributed by atoms with Gasteiger partial charge in [0.25, 0.3) is 0 Å². The average Bonchev–Trinajstić information content (AvgIpc) is 3.23. The molecular weight excluding hydrogens is 418 g/mol. The van der Waals surface area contributed by atoms with Crippen molar-refractivity contribution in [3.63, 3.8) is 0 Å². The molecule has 1 fully saturated rings. The van der Waals surface area contributed by atoms with Crippen LogP contribution in [0.1, 0.15) is 43.2 Å². The first-order chi connectivity index (χ1) is 15.5. The van der Waals surface area contributed by atoms with E-state index in [1.165, 1.54) is 17.3 Å². The molecule has 7 heteroatoms. The Morgan fingerprint density at radius 1 is 1.09 bits per heavy atom. The monoisotopic (exact) mass is 445 g/mol. The van der Waals surface area contributed by atoms with E-state index in [0.717, 1.165) is 54.7 Å². The van der Waals surface area contributed by atoms with E-state index in [9.17, 15) is 10.1 Å². The molecule has 1 aliphatic rings. The first kappa shape index (κ1) is 22.1. The minimum Gasteiger partial charge on any atom is -0.337 e. The number of nitriles is 1. The van der Waals surface area contributed by atoms with E-state index in [4.69, 9.17) is 0 Å². The van der Waals surface area contributed by atoms with Crippen molar-refractivity contribution in [3.05, 3.63) is 59.7 Å². The van der Waals surface area contributed by atoms with Gasteiger partial charge in [0, 0.05) is 11.3 Å². The summed E-state index contributed by atoms with van der Waals surface area (Å²) in [6, 6.07) is 18.7. The van der Waals surface area contributed by atoms with Crippen LogP contribution in [0.5, 0.6) is 0 Å². The second-order valence-electron chi connectivity index (χ2n) is 8.44. The molecule has 0 spiro atoms. The molecule has 32 heavy (non-hydrogen) atoms. The van der Waals surface area contributed by atoms with Crippen LogP contribution in [0.15, 0.2) is 53.7 Å². The fraction of sp³-hybridized carbons (Fsp3) is 0.360. The van der Waals surface area contributed by atoms with E-state index < -0.39 is 5.54 Å². The molecule has 0 radical (unpaired) electrons. The van der Waals surface area contributed by atoms with Crippen molar-refractivity contribution in [1.29, 1.82) is 5.26 Å². The van der Waals surface area contributed by atoms with Gasteiger partial charge in [-0.1, -0.05) is 72.5 Å². The molecule has 1 N–H and O–H groups in total. The molecule has 1 aliphatic carbocycles. The van der Waals surface area contributed by atoms with Crippen molar-refractivity contribution < 1.29 is 4.79 Å². The molecule has 1 amide bonds. The summed E-state index contributed by atoms with van der Waals surface area (Å²) in [5.74, 6) is 0.775. The van der Waals surface area contributed by atoms with Crippen molar-refractivity contribution in [1.82, 2.24) is 20.1 Å². The maximum absolute atomic E-state index is 12.7. The average molecular weight is 446 g/mol. The Hall–Kier alpha value is -3.11. The lowest BCUT2D eigenvalue weighted by molar-refractivity contribution is -0.120. The van der Waals surface area contributed by atoms with Crippen LogP contribution < -0.4 is 5.32 Å². The lowest BCUT2D eigenvalue weighted by atomic mass is 9.83. The van der Waals surface area contributed by atoms with Crippen molar-refractivity contribution >= 4 is 17.7 Å². The Labute approximate surface area is 193 Å². The second-order valence-corrected chi connectivity index (χ2v) is 9.38. The van der Waals surface area contributed by atoms with Crippen LogP contribution in [-0.2, 0) is 4.79 Å². The number of nitrogens with one attached hydrogen (secondary N) is 1. The lowest BCUT2D eigenvalue weighted by Crippen LogP contribution is -2.49. The Kier molecular flexibility index (Phi) is 6.61. The van der Waals surface area contributed by atoms with Gasteiger partial charge < -0.3 is 5.32 Å². The van der Waals surface area contributed by atoms with Crippen molar-refractivity contribution in [2.45, 2.75) is 56.6 Å². The summed E-state index contributed by atoms with van der Waals surface area (Å²) in [4.78, 5) is 12.7. The third-order valence-electron chi connectivity index (χ3n) is 5.83. The van der Waals surface area contributed by atoms with Gasteiger partial charge in [-0.05, 0) is 44.9 Å². The molecule has 164 valence electrons. The number of nitrogens with zero attached hydrogens (tertiary/aromatic N) is 4. The molecule has 3 aromatic rings. The van der Waals surface area contributed by atoms with Crippen LogP contribution in [0.4, 0.5) is 0 Å². The van der Waals surface area contributed by atoms with Crippen molar-refractivity contribution in [2.24, 2.45) is 0 Å². The third-order valence-corrected chi connectivity index (χ3v) is 6.76. The van der Waals surface area contributed by atoms with Crippen LogP contribution >= 0.6 is 11.8 Å². The van der Waals surface area contributed by atoms with E-state index in [2.05, 4.69) is 39.8 Å². The van der Waals surface area contributed by atoms with Gasteiger partial charge in [-0.3, -0.25) is 9.36 Å². The molecule has 2 aromatic carbocycles. The molecule has 4 rings (SSSR count). The second kappa shape index (κ2) is 9.58. The van der Waals surface area contributed by atoms with Crippen LogP contribution in [-0.4, -0.2) is 32.0 Å². The number of benzene rings is 2. The third kappa shape index (κ3) is 4.86. The van der Waals surface area contributed by atoms with Gasteiger partial charge in [0.1, 0.15) is 5.54 Å². The zero-order chi connectivity index (χ0) is 22.6. The zero-order valence-electron chi connectivity index (χ0n) is 18.5. The van der Waals surface area contributed by atoms with Crippen LogP contribution in [0.25, 0.3) is 17.1 Å². The van der Waals surface area contributed by atoms with Gasteiger partial charge in [-0.15, -0.1) is 10.2 Å². The molecule has 1 saturated carbocycles.